The molecule has 4 aliphatic carbocycles. The highest BCUT2D eigenvalue weighted by Crippen LogP contribution is 2.37. The number of ether oxygens (including phenoxy) is 2. The Bertz CT molecular complexity index is 2300. The third kappa shape index (κ3) is 13.3. The molecule has 6 N–H and O–H groups in total. The molecule has 4 fully saturated rings. The average Bonchev–Trinajstić information content (AvgIpc) is 4.26. The van der Waals surface area contributed by atoms with Crippen LogP contribution in [-0.4, -0.2) is 144 Å². The maximum atomic E-state index is 14.3. The minimum absolute atomic E-state index is 0.0163. The van der Waals surface area contributed by atoms with Crippen molar-refractivity contribution in [2.45, 2.75) is 151 Å². The normalized spacial score (nSPS) is 25.2. The first-order chi connectivity index (χ1) is 36.0. The number of fused-ring (bicyclic) bond motifs is 2. The van der Waals surface area contributed by atoms with Crippen LogP contribution in [0.3, 0.4) is 0 Å². The topological polar surface area (TPSA) is 200 Å². The van der Waals surface area contributed by atoms with Crippen LogP contribution >= 0.6 is 23.5 Å². The standard InChI is InChI=1S/C56H74N8O8S2/c1-35(57-3)51(65)59-47(37-19-9-7-10-20-37)55(69)63-33-73-31-43(63)53(67)61-49-41-25-15-13-23-39(41)29-45(49)71-27-17-5-6-18-28-72-46-30-40-24-14-16-26-42(40)50(46)62-54(68)44-32-74-34-64(44)56(70)48(38-21-11-8-12-22-38)60-52(66)36(2)58-4/h13-16,23-26,35-38,43-50,57-58H,7-12,19-22,27-34H2,1-4H3,(H,59,65)(H,60,66)(H,61,67)(H,62,68)/t35-,36-,43-,44-,45+,46+,47-,48-,49-,50-/m0/s1. The van der Waals surface area contributed by atoms with Gasteiger partial charge in [0.15, 0.2) is 0 Å². The Balaban J connectivity index is 0.858. The Hall–Kier alpha value is -5.08. The van der Waals surface area contributed by atoms with Crippen molar-refractivity contribution >= 4 is 59.0 Å². The second-order valence-corrected chi connectivity index (χ2v) is 22.5. The lowest BCUT2D eigenvalue weighted by Crippen LogP contribution is -2.58. The molecule has 18 heteroatoms. The Labute approximate surface area is 445 Å². The van der Waals surface area contributed by atoms with Crippen molar-refractivity contribution in [3.63, 3.8) is 0 Å². The van der Waals surface area contributed by atoms with Gasteiger partial charge in [-0.1, -0.05) is 98.9 Å². The summed E-state index contributed by atoms with van der Waals surface area (Å²) in [6, 6.07) is 11.3. The van der Waals surface area contributed by atoms with Crippen molar-refractivity contribution in [3.8, 4) is 23.7 Å². The maximum Gasteiger partial charge on any atom is 0.246 e. The zero-order valence-electron chi connectivity index (χ0n) is 43.3. The summed E-state index contributed by atoms with van der Waals surface area (Å²) in [7, 11) is 3.43. The number of thioether (sulfide) groups is 2. The van der Waals surface area contributed by atoms with Crippen LogP contribution in [0.1, 0.15) is 112 Å². The lowest BCUT2D eigenvalue weighted by Gasteiger charge is -2.35. The van der Waals surface area contributed by atoms with Gasteiger partial charge in [0.1, 0.15) is 37.4 Å². The molecule has 2 aromatic carbocycles. The van der Waals surface area contributed by atoms with Gasteiger partial charge in [0.05, 0.1) is 48.1 Å². The van der Waals surface area contributed by atoms with Crippen LogP contribution in [0, 0.1) is 35.5 Å². The zero-order valence-corrected chi connectivity index (χ0v) is 44.9. The van der Waals surface area contributed by atoms with Gasteiger partial charge in [0.2, 0.25) is 35.4 Å². The van der Waals surface area contributed by atoms with Gasteiger partial charge in [-0.2, -0.15) is 0 Å². The first-order valence-electron chi connectivity index (χ1n) is 26.6. The second-order valence-electron chi connectivity index (χ2n) is 20.5. The summed E-state index contributed by atoms with van der Waals surface area (Å²) >= 11 is 3.07. The predicted octanol–water partition coefficient (Wildman–Crippen LogP) is 3.74. The first kappa shape index (κ1) is 55.2. The van der Waals surface area contributed by atoms with Crippen LogP contribution in [0.4, 0.5) is 0 Å². The van der Waals surface area contributed by atoms with Gasteiger partial charge in [-0.25, -0.2) is 0 Å². The number of hydrogen-bond donors (Lipinski definition) is 6. The van der Waals surface area contributed by atoms with Gasteiger partial charge < -0.3 is 51.2 Å². The first-order valence-corrected chi connectivity index (χ1v) is 28.9. The number of amides is 6. The fourth-order valence-electron chi connectivity index (χ4n) is 11.4. The summed E-state index contributed by atoms with van der Waals surface area (Å²) in [6.07, 6.45) is 10.0. The van der Waals surface area contributed by atoms with E-state index in [1.54, 1.807) is 37.7 Å². The zero-order chi connectivity index (χ0) is 52.1. The number of carbonyl (C=O) groups excluding carboxylic acids is 6. The van der Waals surface area contributed by atoms with E-state index in [9.17, 15) is 28.8 Å². The second kappa shape index (κ2) is 26.6. The Morgan fingerprint density at radius 2 is 0.986 bits per heavy atom. The van der Waals surface area contributed by atoms with Crippen molar-refractivity contribution in [1.82, 2.24) is 41.7 Å². The average molecular weight is 1050 g/mol. The van der Waals surface area contributed by atoms with Crippen LogP contribution < -0.4 is 31.9 Å². The number of nitrogens with zero attached hydrogens (tertiary/aromatic N) is 2. The molecule has 2 saturated carbocycles. The highest BCUT2D eigenvalue weighted by Gasteiger charge is 2.45. The smallest absolute Gasteiger partial charge is 0.246 e. The lowest BCUT2D eigenvalue weighted by atomic mass is 9.83. The molecule has 74 heavy (non-hydrogen) atoms. The number of benzene rings is 2. The SMILES string of the molecule is CN[C@@H](C)C(=O)N[C@H](C(=O)N1CSC[C@H]1C(=O)N[C@H]1c2ccccc2C[C@H]1OCC#CC#CCO[C@@H]1Cc2ccccc2[C@@H]1NC(=O)[C@@H]1CSCN1C(=O)[C@@H](NC(=O)[C@H](C)NC)C1CCCCC1)C1CCCCC1. The van der Waals surface area contributed by atoms with Crippen LogP contribution in [0.25, 0.3) is 0 Å². The van der Waals surface area contributed by atoms with Crippen molar-refractivity contribution in [3.05, 3.63) is 70.8 Å². The Kier molecular flexibility index (Phi) is 19.8. The molecule has 6 aliphatic rings. The van der Waals surface area contributed by atoms with E-state index >= 15 is 0 Å². The number of carbonyl (C=O) groups is 6. The molecular weight excluding hydrogens is 977 g/mol. The predicted molar refractivity (Wildman–Crippen MR) is 287 cm³/mol. The minimum atomic E-state index is -0.696. The minimum Gasteiger partial charge on any atom is -0.363 e. The van der Waals surface area contributed by atoms with Gasteiger partial charge in [-0.05, 0) is 99.6 Å². The van der Waals surface area contributed by atoms with Crippen LogP contribution in [-0.2, 0) is 51.1 Å². The number of hydrogen-bond acceptors (Lipinski definition) is 12. The van der Waals surface area contributed by atoms with Crippen LogP contribution in [0.5, 0.6) is 0 Å². The lowest BCUT2D eigenvalue weighted by molar-refractivity contribution is -0.143. The molecule has 0 bridgehead atoms. The van der Waals surface area contributed by atoms with Crippen molar-refractivity contribution in [2.75, 3.05) is 50.6 Å². The van der Waals surface area contributed by atoms with Crippen molar-refractivity contribution < 1.29 is 38.2 Å². The van der Waals surface area contributed by atoms with Gasteiger partial charge in [-0.3, -0.25) is 28.8 Å². The summed E-state index contributed by atoms with van der Waals surface area (Å²) < 4.78 is 12.7. The summed E-state index contributed by atoms with van der Waals surface area (Å²) in [6.45, 7) is 3.69. The van der Waals surface area contributed by atoms with E-state index in [4.69, 9.17) is 9.47 Å². The van der Waals surface area contributed by atoms with E-state index in [1.807, 2.05) is 48.5 Å². The van der Waals surface area contributed by atoms with Gasteiger partial charge in [-0.15, -0.1) is 23.5 Å². The molecule has 8 rings (SSSR count). The molecule has 6 amide bonds. The van der Waals surface area contributed by atoms with Gasteiger partial charge >= 0.3 is 0 Å². The molecule has 2 heterocycles. The summed E-state index contributed by atoms with van der Waals surface area (Å²) in [4.78, 5) is 86.5. The van der Waals surface area contributed by atoms with Crippen LogP contribution in [0.2, 0.25) is 0 Å². The molecule has 10 atom stereocenters. The summed E-state index contributed by atoms with van der Waals surface area (Å²) in [5, 5.41) is 18.5. The van der Waals surface area contributed by atoms with Crippen molar-refractivity contribution in [1.29, 1.82) is 0 Å². The highest BCUT2D eigenvalue weighted by atomic mass is 32.2. The van der Waals surface area contributed by atoms with Gasteiger partial charge in [0, 0.05) is 24.3 Å². The van der Waals surface area contributed by atoms with E-state index in [0.717, 1.165) is 86.5 Å². The largest absolute Gasteiger partial charge is 0.363 e. The van der Waals surface area contributed by atoms with E-state index in [2.05, 4.69) is 55.6 Å². The summed E-state index contributed by atoms with van der Waals surface area (Å²) in [5.41, 5.74) is 4.07. The molecule has 0 radical (unpaired) electrons. The molecule has 2 aliphatic heterocycles. The van der Waals surface area contributed by atoms with E-state index in [0.29, 0.717) is 36.1 Å². The molecule has 16 nitrogen and oxygen atoms in total. The highest BCUT2D eigenvalue weighted by molar-refractivity contribution is 7.99. The number of likely N-dealkylation sites (N-methyl/N-ethyl adjacent to an activating group) is 2. The van der Waals surface area contributed by atoms with Crippen molar-refractivity contribution in [2.24, 2.45) is 11.8 Å². The molecular formula is C56H74N8O8S2. The number of rotatable bonds is 18. The van der Waals surface area contributed by atoms with Crippen LogP contribution in [0.15, 0.2) is 48.5 Å². The van der Waals surface area contributed by atoms with E-state index in [-0.39, 0.29) is 60.5 Å². The third-order valence-electron chi connectivity index (χ3n) is 15.9. The molecule has 0 aromatic heterocycles. The fourth-order valence-corrected chi connectivity index (χ4v) is 13.7. The molecule has 0 unspecified atom stereocenters. The monoisotopic (exact) mass is 1050 g/mol. The molecule has 398 valence electrons. The molecule has 2 saturated heterocycles. The quantitative estimate of drug-likeness (QED) is 0.119. The summed E-state index contributed by atoms with van der Waals surface area (Å²) in [5.74, 6) is 12.1. The van der Waals surface area contributed by atoms with E-state index < -0.39 is 60.5 Å². The Morgan fingerprint density at radius 3 is 1.38 bits per heavy atom. The van der Waals surface area contributed by atoms with E-state index in [1.165, 1.54) is 23.5 Å². The molecule has 0 spiro atoms. The third-order valence-corrected chi connectivity index (χ3v) is 17.9. The van der Waals surface area contributed by atoms with Gasteiger partial charge in [0.25, 0.3) is 0 Å². The molecule has 2 aromatic rings. The number of nitrogens with one attached hydrogen (secondary N) is 6. The Morgan fingerprint density at radius 1 is 0.595 bits per heavy atom. The fraction of sp³-hybridized carbons (Fsp3) is 0.607. The maximum absolute atomic E-state index is 14.3.